The van der Waals surface area contributed by atoms with E-state index < -0.39 is 8.32 Å². The van der Waals surface area contributed by atoms with Crippen LogP contribution in [0.5, 0.6) is 28.7 Å². The number of ether oxygens (including phenoxy) is 6. The number of rotatable bonds is 9. The highest BCUT2D eigenvalue weighted by molar-refractivity contribution is 6.77. The van der Waals surface area contributed by atoms with Crippen LogP contribution in [0.3, 0.4) is 0 Å². The maximum atomic E-state index is 7.57. The Bertz CT molecular complexity index is 1150. The molecule has 2 heterocycles. The molecule has 4 atom stereocenters. The second-order valence-corrected chi connectivity index (χ2v) is 17.4. The first kappa shape index (κ1) is 28.1. The first-order valence-electron chi connectivity index (χ1n) is 14.2. The predicted molar refractivity (Wildman–Crippen MR) is 153 cm³/mol. The maximum Gasteiger partial charge on any atom is 0.231 e. The lowest BCUT2D eigenvalue weighted by Crippen LogP contribution is -2.51. The van der Waals surface area contributed by atoms with E-state index in [0.29, 0.717) is 47.1 Å². The van der Waals surface area contributed by atoms with Gasteiger partial charge in [0.15, 0.2) is 23.0 Å². The minimum atomic E-state index is -2.20. The monoisotopic (exact) mass is 556 g/mol. The van der Waals surface area contributed by atoms with Gasteiger partial charge in [-0.1, -0.05) is 47.6 Å². The van der Waals surface area contributed by atoms with Crippen molar-refractivity contribution in [2.24, 2.45) is 11.8 Å². The van der Waals surface area contributed by atoms with Crippen LogP contribution >= 0.6 is 0 Å². The second-order valence-electron chi connectivity index (χ2n) is 12.0. The van der Waals surface area contributed by atoms with Crippen LogP contribution in [0.2, 0.25) is 16.6 Å². The molecule has 8 heteroatoms. The molecule has 1 saturated heterocycles. The van der Waals surface area contributed by atoms with E-state index in [9.17, 15) is 0 Å². The van der Waals surface area contributed by atoms with Crippen LogP contribution < -0.4 is 23.7 Å². The van der Waals surface area contributed by atoms with Crippen LogP contribution in [0, 0.1) is 11.8 Å². The van der Waals surface area contributed by atoms with Crippen LogP contribution in [0.4, 0.5) is 0 Å². The maximum absolute atomic E-state index is 7.57. The number of fused-ring (bicyclic) bond motifs is 4. The van der Waals surface area contributed by atoms with Crippen molar-refractivity contribution in [1.29, 1.82) is 0 Å². The minimum absolute atomic E-state index is 0.00840. The van der Waals surface area contributed by atoms with E-state index in [1.54, 1.807) is 21.3 Å². The zero-order valence-electron chi connectivity index (χ0n) is 24.8. The molecular formula is C31H44O7Si. The highest BCUT2D eigenvalue weighted by atomic mass is 28.4. The van der Waals surface area contributed by atoms with E-state index in [4.69, 9.17) is 32.8 Å². The fraction of sp³-hybridized carbons (Fsp3) is 0.613. The molecule has 0 aromatic heterocycles. The summed E-state index contributed by atoms with van der Waals surface area (Å²) in [6, 6.07) is 8.38. The Labute approximate surface area is 234 Å². The van der Waals surface area contributed by atoms with Gasteiger partial charge < -0.3 is 32.8 Å². The number of hydrogen-bond donors (Lipinski definition) is 0. The van der Waals surface area contributed by atoms with Gasteiger partial charge in [-0.3, -0.25) is 0 Å². The molecule has 3 aliphatic rings. The van der Waals surface area contributed by atoms with Gasteiger partial charge in [-0.15, -0.1) is 0 Å². The molecule has 2 aliphatic heterocycles. The van der Waals surface area contributed by atoms with Crippen molar-refractivity contribution in [2.45, 2.75) is 70.2 Å². The molecule has 0 radical (unpaired) electrons. The van der Waals surface area contributed by atoms with Crippen LogP contribution in [0.15, 0.2) is 24.3 Å². The molecule has 0 spiro atoms. The molecule has 2 aromatic rings. The van der Waals surface area contributed by atoms with Gasteiger partial charge in [0.25, 0.3) is 0 Å². The molecule has 1 unspecified atom stereocenters. The summed E-state index contributed by atoms with van der Waals surface area (Å²) in [5, 5.41) is 0. The Morgan fingerprint density at radius 3 is 1.97 bits per heavy atom. The van der Waals surface area contributed by atoms with Crippen LogP contribution in [0.1, 0.15) is 70.3 Å². The first-order chi connectivity index (χ1) is 18.7. The number of methoxy groups -OCH3 is 3. The smallest absolute Gasteiger partial charge is 0.231 e. The third-order valence-corrected chi connectivity index (χ3v) is 15.4. The van der Waals surface area contributed by atoms with Gasteiger partial charge in [0.05, 0.1) is 40.6 Å². The Morgan fingerprint density at radius 2 is 1.41 bits per heavy atom. The lowest BCUT2D eigenvalue weighted by Gasteiger charge is -2.49. The molecule has 0 amide bonds. The van der Waals surface area contributed by atoms with Crippen molar-refractivity contribution in [1.82, 2.24) is 0 Å². The van der Waals surface area contributed by atoms with Gasteiger partial charge in [-0.2, -0.15) is 0 Å². The van der Waals surface area contributed by atoms with Crippen molar-refractivity contribution in [3.63, 3.8) is 0 Å². The third kappa shape index (κ3) is 4.39. The zero-order chi connectivity index (χ0) is 28.1. The Kier molecular flexibility index (Phi) is 7.83. The van der Waals surface area contributed by atoms with Gasteiger partial charge in [-0.25, -0.2) is 0 Å². The largest absolute Gasteiger partial charge is 0.493 e. The molecule has 0 N–H and O–H groups in total. The van der Waals surface area contributed by atoms with E-state index >= 15 is 0 Å². The Morgan fingerprint density at radius 1 is 0.795 bits per heavy atom. The lowest BCUT2D eigenvalue weighted by atomic mass is 9.66. The molecule has 2 aromatic carbocycles. The van der Waals surface area contributed by atoms with E-state index in [2.05, 4.69) is 59.7 Å². The van der Waals surface area contributed by atoms with Crippen LogP contribution in [-0.2, 0) is 9.16 Å². The van der Waals surface area contributed by atoms with Gasteiger partial charge in [0.2, 0.25) is 20.9 Å². The van der Waals surface area contributed by atoms with Gasteiger partial charge in [-0.05, 0) is 45.9 Å². The zero-order valence-corrected chi connectivity index (χ0v) is 25.8. The highest BCUT2D eigenvalue weighted by Crippen LogP contribution is 2.60. The standard InChI is InChI=1S/C31H44O7Si/c1-17(2)39(18(3)4,19(5)6)38-29-21-10-11-24-31(37-16-36-24)28(21)27(22-14-35-15-23(22)29)20-12-25(32-7)30(34-9)26(13-20)33-8/h10-13,17-19,22-23,27,29H,14-16H2,1-9H3/t22-,23-,27?,29-/m0/s1. The number of benzene rings is 2. The van der Waals surface area contributed by atoms with E-state index in [0.717, 1.165) is 22.6 Å². The van der Waals surface area contributed by atoms with Crippen molar-refractivity contribution >= 4 is 8.32 Å². The molecule has 7 nitrogen and oxygen atoms in total. The van der Waals surface area contributed by atoms with Crippen molar-refractivity contribution < 1.29 is 32.8 Å². The van der Waals surface area contributed by atoms with Gasteiger partial charge in [0.1, 0.15) is 0 Å². The van der Waals surface area contributed by atoms with Crippen molar-refractivity contribution in [3.8, 4) is 28.7 Å². The van der Waals surface area contributed by atoms with E-state index in [-0.39, 0.29) is 30.7 Å². The SMILES string of the molecule is COc1cc(C2c3c(ccc4c3OCO4)[C@H](O[Si](C(C)C)(C(C)C)C(C)C)[C@H]3COC[C@H]23)cc(OC)c1OC. The van der Waals surface area contributed by atoms with E-state index in [1.165, 1.54) is 5.56 Å². The van der Waals surface area contributed by atoms with Gasteiger partial charge in [0, 0.05) is 23.3 Å². The fourth-order valence-corrected chi connectivity index (χ4v) is 13.3. The average molecular weight is 557 g/mol. The molecule has 1 fully saturated rings. The fourth-order valence-electron chi connectivity index (χ4n) is 7.74. The summed E-state index contributed by atoms with van der Waals surface area (Å²) in [7, 11) is 2.75. The normalized spacial score (nSPS) is 23.8. The summed E-state index contributed by atoms with van der Waals surface area (Å²) in [6.07, 6.45) is -0.0702. The molecule has 1 aliphatic carbocycles. The first-order valence-corrected chi connectivity index (χ1v) is 16.3. The lowest BCUT2D eigenvalue weighted by molar-refractivity contribution is 0.0728. The second kappa shape index (κ2) is 10.9. The molecule has 0 saturated carbocycles. The molecule has 0 bridgehead atoms. The predicted octanol–water partition coefficient (Wildman–Crippen LogP) is 7.08. The van der Waals surface area contributed by atoms with Crippen molar-refractivity contribution in [3.05, 3.63) is 41.0 Å². The van der Waals surface area contributed by atoms with Gasteiger partial charge >= 0.3 is 0 Å². The highest BCUT2D eigenvalue weighted by Gasteiger charge is 2.54. The summed E-state index contributed by atoms with van der Waals surface area (Å²) in [5.41, 5.74) is 4.82. The summed E-state index contributed by atoms with van der Waals surface area (Å²) in [4.78, 5) is 0. The van der Waals surface area contributed by atoms with E-state index in [1.807, 2.05) is 6.07 Å². The molecule has 214 valence electrons. The molecular weight excluding hydrogens is 512 g/mol. The van der Waals surface area contributed by atoms with Crippen LogP contribution in [0.25, 0.3) is 0 Å². The molecule has 39 heavy (non-hydrogen) atoms. The summed E-state index contributed by atoms with van der Waals surface area (Å²) in [6.45, 7) is 15.6. The summed E-state index contributed by atoms with van der Waals surface area (Å²) < 4.78 is 43.0. The topological polar surface area (TPSA) is 64.6 Å². The Balaban J connectivity index is 1.73. The Hall–Kier alpha value is -2.42. The van der Waals surface area contributed by atoms with Crippen LogP contribution in [-0.4, -0.2) is 49.7 Å². The number of hydrogen-bond acceptors (Lipinski definition) is 7. The summed E-state index contributed by atoms with van der Waals surface area (Å²) in [5.74, 6) is 3.85. The average Bonchev–Trinajstić information content (AvgIpc) is 3.59. The molecule has 5 rings (SSSR count). The quantitative estimate of drug-likeness (QED) is 0.306. The minimum Gasteiger partial charge on any atom is -0.493 e. The van der Waals surface area contributed by atoms with Crippen molar-refractivity contribution in [2.75, 3.05) is 41.3 Å². The summed E-state index contributed by atoms with van der Waals surface area (Å²) >= 11 is 0. The third-order valence-electron chi connectivity index (χ3n) is 9.30.